The van der Waals surface area contributed by atoms with Crippen molar-refractivity contribution in [2.75, 3.05) is 5.75 Å². The first kappa shape index (κ1) is 7.56. The molecule has 1 N–H and O–H groups in total. The van der Waals surface area contributed by atoms with Gasteiger partial charge in [-0.3, -0.25) is 0 Å². The summed E-state index contributed by atoms with van der Waals surface area (Å²) in [7, 11) is 0. The number of thiol groups is 1. The molecule has 0 rings (SSSR count). The van der Waals surface area contributed by atoms with Crippen LogP contribution in [-0.2, 0) is 4.79 Å². The van der Waals surface area contributed by atoms with E-state index in [1.165, 1.54) is 0 Å². The molecule has 0 bridgehead atoms. The van der Waals surface area contributed by atoms with Gasteiger partial charge in [-0.25, -0.2) is 4.79 Å². The SMILES string of the molecule is O=C(O)C=CCCS. The van der Waals surface area contributed by atoms with Crippen molar-refractivity contribution in [1.82, 2.24) is 0 Å². The van der Waals surface area contributed by atoms with Gasteiger partial charge in [0, 0.05) is 6.08 Å². The minimum Gasteiger partial charge on any atom is -0.478 e. The Morgan fingerprint density at radius 3 is 2.75 bits per heavy atom. The fourth-order valence-electron chi connectivity index (χ4n) is 0.259. The minimum atomic E-state index is -0.896. The van der Waals surface area contributed by atoms with Crippen LogP contribution < -0.4 is 0 Å². The van der Waals surface area contributed by atoms with Crippen molar-refractivity contribution >= 4 is 18.6 Å². The zero-order chi connectivity index (χ0) is 6.41. The van der Waals surface area contributed by atoms with Crippen molar-refractivity contribution in [1.29, 1.82) is 0 Å². The molecule has 0 amide bonds. The largest absolute Gasteiger partial charge is 0.478 e. The highest BCUT2D eigenvalue weighted by Gasteiger charge is 1.81. The van der Waals surface area contributed by atoms with Gasteiger partial charge in [0.1, 0.15) is 0 Å². The Labute approximate surface area is 53.6 Å². The highest BCUT2D eigenvalue weighted by Crippen LogP contribution is 1.84. The Bertz CT molecular complexity index is 98.6. The summed E-state index contributed by atoms with van der Waals surface area (Å²) in [4.78, 5) is 9.76. The third-order valence-electron chi connectivity index (χ3n) is 0.556. The lowest BCUT2D eigenvalue weighted by atomic mass is 10.4. The molecule has 0 atom stereocenters. The number of hydrogen-bond acceptors (Lipinski definition) is 2. The average Bonchev–Trinajstić information content (AvgIpc) is 1.66. The van der Waals surface area contributed by atoms with Crippen LogP contribution in [-0.4, -0.2) is 16.8 Å². The Hall–Kier alpha value is -0.440. The van der Waals surface area contributed by atoms with Crippen LogP contribution in [0.2, 0.25) is 0 Å². The molecule has 0 radical (unpaired) electrons. The molecular weight excluding hydrogens is 124 g/mol. The van der Waals surface area contributed by atoms with Crippen LogP contribution >= 0.6 is 12.6 Å². The summed E-state index contributed by atoms with van der Waals surface area (Å²) in [5.41, 5.74) is 0. The number of carbonyl (C=O) groups is 1. The predicted octanol–water partition coefficient (Wildman–Crippen LogP) is 0.947. The van der Waals surface area contributed by atoms with E-state index in [9.17, 15) is 4.79 Å². The Morgan fingerprint density at radius 1 is 1.75 bits per heavy atom. The third kappa shape index (κ3) is 5.56. The summed E-state index contributed by atoms with van der Waals surface area (Å²) in [5.74, 6) is -0.198. The van der Waals surface area contributed by atoms with Crippen molar-refractivity contribution in [2.24, 2.45) is 0 Å². The van der Waals surface area contributed by atoms with Gasteiger partial charge in [0.2, 0.25) is 0 Å². The zero-order valence-electron chi connectivity index (χ0n) is 4.37. The predicted molar refractivity (Wildman–Crippen MR) is 35.2 cm³/mol. The zero-order valence-corrected chi connectivity index (χ0v) is 5.27. The molecule has 46 valence electrons. The summed E-state index contributed by atoms with van der Waals surface area (Å²) in [6, 6.07) is 0. The molecule has 0 unspecified atom stereocenters. The second-order valence-corrected chi connectivity index (χ2v) is 1.70. The molecule has 0 aliphatic carbocycles. The van der Waals surface area contributed by atoms with E-state index in [-0.39, 0.29) is 0 Å². The van der Waals surface area contributed by atoms with Crippen LogP contribution in [0.1, 0.15) is 6.42 Å². The molecule has 0 saturated heterocycles. The molecule has 0 spiro atoms. The normalized spacial score (nSPS) is 10.1. The molecule has 0 aromatic rings. The number of hydrogen-bond donors (Lipinski definition) is 2. The van der Waals surface area contributed by atoms with Gasteiger partial charge in [0.05, 0.1) is 0 Å². The van der Waals surface area contributed by atoms with Gasteiger partial charge in [-0.1, -0.05) is 6.08 Å². The van der Waals surface area contributed by atoms with E-state index < -0.39 is 5.97 Å². The molecule has 0 aliphatic rings. The van der Waals surface area contributed by atoms with E-state index in [2.05, 4.69) is 12.6 Å². The van der Waals surface area contributed by atoms with Crippen molar-refractivity contribution in [3.05, 3.63) is 12.2 Å². The fraction of sp³-hybridized carbons (Fsp3) is 0.400. The van der Waals surface area contributed by atoms with E-state index in [0.29, 0.717) is 5.75 Å². The van der Waals surface area contributed by atoms with Crippen LogP contribution in [0, 0.1) is 0 Å². The van der Waals surface area contributed by atoms with Crippen molar-refractivity contribution in [2.45, 2.75) is 6.42 Å². The topological polar surface area (TPSA) is 37.3 Å². The summed E-state index contributed by atoms with van der Waals surface area (Å²) in [6.07, 6.45) is 3.42. The quantitative estimate of drug-likeness (QED) is 0.443. The first-order chi connectivity index (χ1) is 3.77. The molecule has 0 fully saturated rings. The van der Waals surface area contributed by atoms with Crippen LogP contribution in [0.25, 0.3) is 0 Å². The first-order valence-corrected chi connectivity index (χ1v) is 2.91. The van der Waals surface area contributed by atoms with Crippen LogP contribution in [0.5, 0.6) is 0 Å². The molecule has 2 nitrogen and oxygen atoms in total. The Balaban J connectivity index is 3.20. The van der Waals surface area contributed by atoms with E-state index in [0.717, 1.165) is 12.5 Å². The third-order valence-corrected chi connectivity index (χ3v) is 0.814. The van der Waals surface area contributed by atoms with Crippen molar-refractivity contribution < 1.29 is 9.90 Å². The van der Waals surface area contributed by atoms with E-state index in [1.54, 1.807) is 6.08 Å². The summed E-state index contributed by atoms with van der Waals surface area (Å²) in [6.45, 7) is 0. The lowest BCUT2D eigenvalue weighted by Crippen LogP contribution is -1.85. The van der Waals surface area contributed by atoms with Crippen LogP contribution in [0.3, 0.4) is 0 Å². The van der Waals surface area contributed by atoms with Gasteiger partial charge >= 0.3 is 5.97 Å². The highest BCUT2D eigenvalue weighted by atomic mass is 32.1. The second-order valence-electron chi connectivity index (χ2n) is 1.25. The summed E-state index contributed by atoms with van der Waals surface area (Å²) >= 11 is 3.88. The molecule has 3 heteroatoms. The number of allylic oxidation sites excluding steroid dienone is 1. The first-order valence-electron chi connectivity index (χ1n) is 2.27. The molecule has 0 aromatic heterocycles. The van der Waals surface area contributed by atoms with Gasteiger partial charge in [-0.15, -0.1) is 0 Å². The van der Waals surface area contributed by atoms with Crippen LogP contribution in [0.15, 0.2) is 12.2 Å². The van der Waals surface area contributed by atoms with Gasteiger partial charge in [0.15, 0.2) is 0 Å². The van der Waals surface area contributed by atoms with Gasteiger partial charge in [0.25, 0.3) is 0 Å². The molecule has 8 heavy (non-hydrogen) atoms. The molecule has 0 saturated carbocycles. The second kappa shape index (κ2) is 4.71. The van der Waals surface area contributed by atoms with Crippen LogP contribution in [0.4, 0.5) is 0 Å². The van der Waals surface area contributed by atoms with E-state index >= 15 is 0 Å². The molecule has 0 heterocycles. The summed E-state index contributed by atoms with van der Waals surface area (Å²) < 4.78 is 0. The Kier molecular flexibility index (Phi) is 4.45. The van der Waals surface area contributed by atoms with Gasteiger partial charge in [-0.05, 0) is 12.2 Å². The molecule has 0 aliphatic heterocycles. The fourth-order valence-corrected chi connectivity index (χ4v) is 0.408. The molecule has 0 aromatic carbocycles. The Morgan fingerprint density at radius 2 is 2.38 bits per heavy atom. The monoisotopic (exact) mass is 132 g/mol. The smallest absolute Gasteiger partial charge is 0.327 e. The van der Waals surface area contributed by atoms with Gasteiger partial charge in [-0.2, -0.15) is 12.6 Å². The lowest BCUT2D eigenvalue weighted by Gasteiger charge is -1.79. The van der Waals surface area contributed by atoms with Gasteiger partial charge < -0.3 is 5.11 Å². The standard InChI is InChI=1S/C5H8O2S/c6-5(7)3-1-2-4-8/h1,3,8H,2,4H2,(H,6,7). The number of carboxylic acid groups (broad SMARTS) is 1. The minimum absolute atomic E-state index is 0.698. The number of rotatable bonds is 3. The summed E-state index contributed by atoms with van der Waals surface area (Å²) in [5, 5.41) is 8.03. The molecular formula is C5H8O2S. The van der Waals surface area contributed by atoms with E-state index in [4.69, 9.17) is 5.11 Å². The lowest BCUT2D eigenvalue weighted by molar-refractivity contribution is -0.131. The number of carboxylic acids is 1. The maximum absolute atomic E-state index is 9.76. The highest BCUT2D eigenvalue weighted by molar-refractivity contribution is 7.80. The maximum Gasteiger partial charge on any atom is 0.327 e. The number of aliphatic carboxylic acids is 1. The van der Waals surface area contributed by atoms with Crippen molar-refractivity contribution in [3.8, 4) is 0 Å². The average molecular weight is 132 g/mol. The maximum atomic E-state index is 9.76. The van der Waals surface area contributed by atoms with E-state index in [1.807, 2.05) is 0 Å². The van der Waals surface area contributed by atoms with Crippen molar-refractivity contribution in [3.63, 3.8) is 0 Å².